The van der Waals surface area contributed by atoms with Gasteiger partial charge in [-0.3, -0.25) is 4.68 Å². The number of aryl methyl sites for hydroxylation is 1. The van der Waals surface area contributed by atoms with Crippen LogP contribution in [0.2, 0.25) is 0 Å². The third-order valence-corrected chi connectivity index (χ3v) is 2.39. The molecule has 0 radical (unpaired) electrons. The summed E-state index contributed by atoms with van der Waals surface area (Å²) in [5, 5.41) is 7.27. The minimum absolute atomic E-state index is 0.330. The number of hydrogen-bond donors (Lipinski definition) is 1. The lowest BCUT2D eigenvalue weighted by atomic mass is 10.2. The van der Waals surface area contributed by atoms with Crippen molar-refractivity contribution in [2.45, 2.75) is 13.0 Å². The van der Waals surface area contributed by atoms with Crippen molar-refractivity contribution < 1.29 is 0 Å². The molecular weight excluding hydrogens is 206 g/mol. The van der Waals surface area contributed by atoms with Gasteiger partial charge in [-0.2, -0.15) is 5.10 Å². The quantitative estimate of drug-likeness (QED) is 0.814. The topological polar surface area (TPSA) is 29.9 Å². The number of nitrogens with one attached hydrogen (secondary N) is 1. The van der Waals surface area contributed by atoms with Gasteiger partial charge >= 0.3 is 0 Å². The van der Waals surface area contributed by atoms with Gasteiger partial charge in [-0.25, -0.2) is 0 Å². The van der Waals surface area contributed by atoms with Gasteiger partial charge in [0.25, 0.3) is 0 Å². The van der Waals surface area contributed by atoms with E-state index in [1.54, 1.807) is 0 Å². The zero-order chi connectivity index (χ0) is 8.43. The Kier molecular flexibility index (Phi) is 2.67. The van der Waals surface area contributed by atoms with E-state index in [1.807, 2.05) is 25.0 Å². The summed E-state index contributed by atoms with van der Waals surface area (Å²) in [6.45, 7) is 2.10. The van der Waals surface area contributed by atoms with Crippen molar-refractivity contribution >= 4 is 15.9 Å². The summed E-state index contributed by atoms with van der Waals surface area (Å²) in [4.78, 5) is 0. The lowest BCUT2D eigenvalue weighted by molar-refractivity contribution is 0.577. The number of nitrogens with zero attached hydrogens (tertiary/aromatic N) is 2. The summed E-state index contributed by atoms with van der Waals surface area (Å²) in [7, 11) is 3.87. The Morgan fingerprint density at radius 2 is 2.36 bits per heavy atom. The average Bonchev–Trinajstić information content (AvgIpc) is 2.30. The molecule has 0 aromatic carbocycles. The second-order valence-corrected chi connectivity index (χ2v) is 3.37. The molecule has 1 aromatic rings. The van der Waals surface area contributed by atoms with Crippen molar-refractivity contribution in [3.05, 3.63) is 16.4 Å². The standard InChI is InChI=1S/C7H12BrN3/c1-5(9-2)7-6(8)4-10-11(7)3/h4-5,9H,1-3H3. The van der Waals surface area contributed by atoms with Crippen molar-refractivity contribution in [2.75, 3.05) is 7.05 Å². The van der Waals surface area contributed by atoms with E-state index in [0.717, 1.165) is 4.47 Å². The largest absolute Gasteiger partial charge is 0.312 e. The molecule has 0 saturated heterocycles. The molecule has 1 aromatic heterocycles. The average molecular weight is 218 g/mol. The molecule has 1 unspecified atom stereocenters. The van der Waals surface area contributed by atoms with Crippen LogP contribution in [0.25, 0.3) is 0 Å². The zero-order valence-corrected chi connectivity index (χ0v) is 8.51. The first-order valence-electron chi connectivity index (χ1n) is 3.51. The van der Waals surface area contributed by atoms with Crippen LogP contribution in [0.3, 0.4) is 0 Å². The van der Waals surface area contributed by atoms with Crippen LogP contribution >= 0.6 is 15.9 Å². The second-order valence-electron chi connectivity index (χ2n) is 2.51. The van der Waals surface area contributed by atoms with Gasteiger partial charge in [-0.1, -0.05) is 0 Å². The highest BCUT2D eigenvalue weighted by Crippen LogP contribution is 2.21. The van der Waals surface area contributed by atoms with Crippen LogP contribution in [0.5, 0.6) is 0 Å². The molecule has 62 valence electrons. The van der Waals surface area contributed by atoms with E-state index >= 15 is 0 Å². The summed E-state index contributed by atoms with van der Waals surface area (Å²) in [6, 6.07) is 0.330. The molecular formula is C7H12BrN3. The van der Waals surface area contributed by atoms with Crippen molar-refractivity contribution in [2.24, 2.45) is 7.05 Å². The van der Waals surface area contributed by atoms with E-state index in [0.29, 0.717) is 6.04 Å². The predicted molar refractivity (Wildman–Crippen MR) is 48.4 cm³/mol. The van der Waals surface area contributed by atoms with E-state index in [2.05, 4.69) is 33.3 Å². The molecule has 1 atom stereocenters. The maximum atomic E-state index is 4.11. The Bertz CT molecular complexity index is 224. The fourth-order valence-corrected chi connectivity index (χ4v) is 1.74. The molecule has 0 amide bonds. The molecule has 1 rings (SSSR count). The zero-order valence-electron chi connectivity index (χ0n) is 6.93. The fraction of sp³-hybridized carbons (Fsp3) is 0.571. The normalized spacial score (nSPS) is 13.5. The Labute approximate surface area is 74.9 Å². The van der Waals surface area contributed by atoms with Crippen molar-refractivity contribution in [1.82, 2.24) is 15.1 Å². The molecule has 0 aliphatic carbocycles. The Balaban J connectivity index is 3.00. The van der Waals surface area contributed by atoms with Crippen LogP contribution in [0.4, 0.5) is 0 Å². The summed E-state index contributed by atoms with van der Waals surface area (Å²) >= 11 is 3.44. The molecule has 0 fully saturated rings. The summed E-state index contributed by atoms with van der Waals surface area (Å²) in [5.74, 6) is 0. The van der Waals surface area contributed by atoms with Gasteiger partial charge < -0.3 is 5.32 Å². The fourth-order valence-electron chi connectivity index (χ4n) is 1.04. The van der Waals surface area contributed by atoms with Crippen molar-refractivity contribution in [3.63, 3.8) is 0 Å². The second kappa shape index (κ2) is 3.36. The number of hydrogen-bond acceptors (Lipinski definition) is 2. The van der Waals surface area contributed by atoms with Crippen LogP contribution in [-0.4, -0.2) is 16.8 Å². The lowest BCUT2D eigenvalue weighted by Crippen LogP contribution is -2.16. The summed E-state index contributed by atoms with van der Waals surface area (Å²) in [6.07, 6.45) is 1.81. The van der Waals surface area contributed by atoms with Gasteiger partial charge in [0.05, 0.1) is 16.4 Å². The van der Waals surface area contributed by atoms with Crippen LogP contribution in [0.1, 0.15) is 18.7 Å². The van der Waals surface area contributed by atoms with E-state index in [-0.39, 0.29) is 0 Å². The predicted octanol–water partition coefficient (Wildman–Crippen LogP) is 1.46. The van der Waals surface area contributed by atoms with E-state index in [4.69, 9.17) is 0 Å². The Hall–Kier alpha value is -0.350. The van der Waals surface area contributed by atoms with Crippen LogP contribution in [0, 0.1) is 0 Å². The number of rotatable bonds is 2. The first-order valence-corrected chi connectivity index (χ1v) is 4.30. The van der Waals surface area contributed by atoms with Crippen LogP contribution < -0.4 is 5.32 Å². The molecule has 1 N–H and O–H groups in total. The Morgan fingerprint density at radius 1 is 1.73 bits per heavy atom. The molecule has 0 saturated carbocycles. The van der Waals surface area contributed by atoms with Gasteiger partial charge in [-0.05, 0) is 29.9 Å². The first-order chi connectivity index (χ1) is 5.16. The van der Waals surface area contributed by atoms with Crippen LogP contribution in [-0.2, 0) is 7.05 Å². The Morgan fingerprint density at radius 3 is 2.73 bits per heavy atom. The SMILES string of the molecule is CNC(C)c1c(Br)cnn1C. The number of halogens is 1. The summed E-state index contributed by atoms with van der Waals surface area (Å²) < 4.78 is 2.92. The van der Waals surface area contributed by atoms with Crippen LogP contribution in [0.15, 0.2) is 10.7 Å². The van der Waals surface area contributed by atoms with Gasteiger partial charge in [0, 0.05) is 13.1 Å². The third kappa shape index (κ3) is 1.62. The summed E-state index contributed by atoms with van der Waals surface area (Å²) in [5.41, 5.74) is 1.17. The van der Waals surface area contributed by atoms with Gasteiger partial charge in [0.2, 0.25) is 0 Å². The molecule has 4 heteroatoms. The minimum atomic E-state index is 0.330. The third-order valence-electron chi connectivity index (χ3n) is 1.78. The lowest BCUT2D eigenvalue weighted by Gasteiger charge is -2.10. The van der Waals surface area contributed by atoms with E-state index in [1.165, 1.54) is 5.69 Å². The molecule has 11 heavy (non-hydrogen) atoms. The van der Waals surface area contributed by atoms with Crippen molar-refractivity contribution in [3.8, 4) is 0 Å². The highest BCUT2D eigenvalue weighted by Gasteiger charge is 2.11. The smallest absolute Gasteiger partial charge is 0.0689 e. The van der Waals surface area contributed by atoms with Gasteiger partial charge in [0.1, 0.15) is 0 Å². The molecule has 0 aliphatic heterocycles. The molecule has 0 aliphatic rings. The maximum Gasteiger partial charge on any atom is 0.0689 e. The maximum absolute atomic E-state index is 4.11. The highest BCUT2D eigenvalue weighted by atomic mass is 79.9. The van der Waals surface area contributed by atoms with Gasteiger partial charge in [-0.15, -0.1) is 0 Å². The first kappa shape index (κ1) is 8.74. The van der Waals surface area contributed by atoms with E-state index < -0.39 is 0 Å². The monoisotopic (exact) mass is 217 g/mol. The number of aromatic nitrogens is 2. The van der Waals surface area contributed by atoms with Crippen molar-refractivity contribution in [1.29, 1.82) is 0 Å². The van der Waals surface area contributed by atoms with E-state index in [9.17, 15) is 0 Å². The molecule has 0 spiro atoms. The molecule has 1 heterocycles. The molecule has 3 nitrogen and oxygen atoms in total. The highest BCUT2D eigenvalue weighted by molar-refractivity contribution is 9.10. The molecule has 0 bridgehead atoms. The van der Waals surface area contributed by atoms with Gasteiger partial charge in [0.15, 0.2) is 0 Å². The minimum Gasteiger partial charge on any atom is -0.312 e.